The Morgan fingerprint density at radius 3 is 2.00 bits per heavy atom. The lowest BCUT2D eigenvalue weighted by Gasteiger charge is -2.31. The fraction of sp³-hybridized carbons (Fsp3) is 0.630. The van der Waals surface area contributed by atoms with Gasteiger partial charge in [0.25, 0.3) is 0 Å². The number of hydrogen-bond donors (Lipinski definition) is 0. The van der Waals surface area contributed by atoms with Gasteiger partial charge in [-0.25, -0.2) is 0 Å². The van der Waals surface area contributed by atoms with Crippen LogP contribution in [0.2, 0.25) is 0 Å². The molecule has 1 aromatic rings. The van der Waals surface area contributed by atoms with E-state index in [1.54, 1.807) is 0 Å². The third-order valence-corrected chi connectivity index (χ3v) is 7.24. The fourth-order valence-electron chi connectivity index (χ4n) is 5.21. The van der Waals surface area contributed by atoms with Crippen LogP contribution in [-0.4, -0.2) is 6.61 Å². The molecule has 0 aromatic heterocycles. The largest absolute Gasteiger partial charge is 0.376 e. The average Bonchev–Trinajstić information content (AvgIpc) is 2.76. The van der Waals surface area contributed by atoms with E-state index < -0.39 is 0 Å². The second-order valence-electron chi connectivity index (χ2n) is 9.18. The van der Waals surface area contributed by atoms with Gasteiger partial charge in [-0.3, -0.25) is 0 Å². The van der Waals surface area contributed by atoms with Crippen molar-refractivity contribution in [2.24, 2.45) is 17.8 Å². The van der Waals surface area contributed by atoms with Crippen molar-refractivity contribution < 1.29 is 4.74 Å². The first-order valence-electron chi connectivity index (χ1n) is 11.7. The van der Waals surface area contributed by atoms with Crippen LogP contribution in [0.15, 0.2) is 49.6 Å². The molecule has 1 aromatic carbocycles. The standard InChI is InChI=1S/C27H40O/c1-3-5-20-28-21-25-14-18-27(19-15-25)26-16-12-24(13-17-26)11-10-23-8-6-22(4-2)7-9-23/h3-4,14-15,18-19,22-24,26H,1-2,5-13,16-17,20-21H2/t22-,23-,24?,26?. The van der Waals surface area contributed by atoms with E-state index >= 15 is 0 Å². The molecule has 1 heteroatoms. The lowest BCUT2D eigenvalue weighted by molar-refractivity contribution is 0.125. The maximum atomic E-state index is 5.67. The molecule has 0 radical (unpaired) electrons. The zero-order valence-corrected chi connectivity index (χ0v) is 17.8. The van der Waals surface area contributed by atoms with Crippen molar-refractivity contribution in [3.8, 4) is 0 Å². The molecule has 2 saturated carbocycles. The molecule has 2 aliphatic rings. The SMILES string of the molecule is C=CCCOCc1ccc(C2CCC(CC[C@H]3CC[C@H](C=C)CC3)CC2)cc1. The molecule has 0 heterocycles. The van der Waals surface area contributed by atoms with E-state index in [1.807, 2.05) is 6.08 Å². The van der Waals surface area contributed by atoms with Crippen LogP contribution in [0.5, 0.6) is 0 Å². The Labute approximate surface area is 173 Å². The van der Waals surface area contributed by atoms with Gasteiger partial charge in [-0.15, -0.1) is 13.2 Å². The van der Waals surface area contributed by atoms with Gasteiger partial charge in [0.15, 0.2) is 0 Å². The molecule has 2 fully saturated rings. The van der Waals surface area contributed by atoms with Crippen molar-refractivity contribution in [3.63, 3.8) is 0 Å². The predicted octanol–water partition coefficient (Wildman–Crippen LogP) is 7.83. The minimum Gasteiger partial charge on any atom is -0.376 e. The second kappa shape index (κ2) is 11.6. The number of hydrogen-bond acceptors (Lipinski definition) is 1. The number of ether oxygens (including phenoxy) is 1. The lowest BCUT2D eigenvalue weighted by atomic mass is 9.74. The van der Waals surface area contributed by atoms with Crippen molar-refractivity contribution >= 4 is 0 Å². The van der Waals surface area contributed by atoms with Crippen molar-refractivity contribution in [2.45, 2.75) is 83.2 Å². The Morgan fingerprint density at radius 1 is 0.821 bits per heavy atom. The number of benzene rings is 1. The molecule has 28 heavy (non-hydrogen) atoms. The summed E-state index contributed by atoms with van der Waals surface area (Å²) >= 11 is 0. The highest BCUT2D eigenvalue weighted by molar-refractivity contribution is 5.25. The first-order chi connectivity index (χ1) is 13.8. The molecule has 0 aliphatic heterocycles. The van der Waals surface area contributed by atoms with Gasteiger partial charge in [0.05, 0.1) is 13.2 Å². The van der Waals surface area contributed by atoms with Gasteiger partial charge in [-0.2, -0.15) is 0 Å². The zero-order valence-electron chi connectivity index (χ0n) is 17.8. The summed E-state index contributed by atoms with van der Waals surface area (Å²) in [6, 6.07) is 9.20. The molecular weight excluding hydrogens is 340 g/mol. The van der Waals surface area contributed by atoms with Crippen molar-refractivity contribution in [1.29, 1.82) is 0 Å². The van der Waals surface area contributed by atoms with Crippen LogP contribution in [0.25, 0.3) is 0 Å². The van der Waals surface area contributed by atoms with Gasteiger partial charge < -0.3 is 4.74 Å². The Hall–Kier alpha value is -1.34. The van der Waals surface area contributed by atoms with Gasteiger partial charge in [0.1, 0.15) is 0 Å². The van der Waals surface area contributed by atoms with Crippen LogP contribution >= 0.6 is 0 Å². The summed E-state index contributed by atoms with van der Waals surface area (Å²) in [5.41, 5.74) is 2.82. The molecule has 2 aliphatic carbocycles. The molecule has 0 atom stereocenters. The molecule has 3 rings (SSSR count). The van der Waals surface area contributed by atoms with Crippen molar-refractivity contribution in [1.82, 2.24) is 0 Å². The van der Waals surface area contributed by atoms with Crippen LogP contribution in [0, 0.1) is 17.8 Å². The average molecular weight is 381 g/mol. The quantitative estimate of drug-likeness (QED) is 0.297. The minimum absolute atomic E-state index is 0.718. The predicted molar refractivity (Wildman–Crippen MR) is 120 cm³/mol. The van der Waals surface area contributed by atoms with E-state index in [1.165, 1.54) is 75.3 Å². The second-order valence-corrected chi connectivity index (χ2v) is 9.18. The summed E-state index contributed by atoms with van der Waals surface area (Å²) in [5.74, 6) is 3.55. The summed E-state index contributed by atoms with van der Waals surface area (Å²) in [6.45, 7) is 9.19. The Kier molecular flexibility index (Phi) is 8.86. The highest BCUT2D eigenvalue weighted by Crippen LogP contribution is 2.39. The number of allylic oxidation sites excluding steroid dienone is 1. The van der Waals surface area contributed by atoms with E-state index in [2.05, 4.69) is 43.5 Å². The molecule has 0 bridgehead atoms. The molecule has 154 valence electrons. The van der Waals surface area contributed by atoms with Crippen LogP contribution < -0.4 is 0 Å². The van der Waals surface area contributed by atoms with Gasteiger partial charge in [-0.1, -0.05) is 49.3 Å². The topological polar surface area (TPSA) is 9.23 Å². The van der Waals surface area contributed by atoms with E-state index in [0.717, 1.165) is 43.3 Å². The highest BCUT2D eigenvalue weighted by atomic mass is 16.5. The Morgan fingerprint density at radius 2 is 1.43 bits per heavy atom. The first-order valence-corrected chi connectivity index (χ1v) is 11.7. The van der Waals surface area contributed by atoms with E-state index in [9.17, 15) is 0 Å². The van der Waals surface area contributed by atoms with Gasteiger partial charge in [0.2, 0.25) is 0 Å². The summed E-state index contributed by atoms with van der Waals surface area (Å²) in [5, 5.41) is 0. The minimum atomic E-state index is 0.718. The molecule has 0 N–H and O–H groups in total. The summed E-state index contributed by atoms with van der Waals surface area (Å²) in [4.78, 5) is 0. The monoisotopic (exact) mass is 380 g/mol. The van der Waals surface area contributed by atoms with Gasteiger partial charge in [-0.05, 0) is 92.6 Å². The van der Waals surface area contributed by atoms with E-state index in [4.69, 9.17) is 4.74 Å². The summed E-state index contributed by atoms with van der Waals surface area (Å²) in [7, 11) is 0. The summed E-state index contributed by atoms with van der Waals surface area (Å²) in [6.07, 6.45) is 19.2. The molecule has 0 saturated heterocycles. The van der Waals surface area contributed by atoms with Crippen LogP contribution in [0.1, 0.15) is 87.7 Å². The van der Waals surface area contributed by atoms with Gasteiger partial charge >= 0.3 is 0 Å². The summed E-state index contributed by atoms with van der Waals surface area (Å²) < 4.78 is 5.67. The molecule has 0 spiro atoms. The smallest absolute Gasteiger partial charge is 0.0717 e. The highest BCUT2D eigenvalue weighted by Gasteiger charge is 2.24. The number of rotatable bonds is 10. The fourth-order valence-corrected chi connectivity index (χ4v) is 5.21. The maximum Gasteiger partial charge on any atom is 0.0717 e. The first kappa shape index (κ1) is 21.4. The van der Waals surface area contributed by atoms with Crippen molar-refractivity contribution in [3.05, 3.63) is 60.7 Å². The third-order valence-electron chi connectivity index (χ3n) is 7.24. The Bertz CT molecular complexity index is 571. The van der Waals surface area contributed by atoms with Gasteiger partial charge in [0, 0.05) is 0 Å². The molecular formula is C27H40O. The third kappa shape index (κ3) is 6.62. The van der Waals surface area contributed by atoms with Crippen LogP contribution in [-0.2, 0) is 11.3 Å². The molecule has 1 nitrogen and oxygen atoms in total. The molecule has 0 unspecified atom stereocenters. The Balaban J connectivity index is 1.34. The van der Waals surface area contributed by atoms with Crippen LogP contribution in [0.4, 0.5) is 0 Å². The maximum absolute atomic E-state index is 5.67. The zero-order chi connectivity index (χ0) is 19.6. The van der Waals surface area contributed by atoms with Crippen molar-refractivity contribution in [2.75, 3.05) is 6.61 Å². The van der Waals surface area contributed by atoms with E-state index in [-0.39, 0.29) is 0 Å². The van der Waals surface area contributed by atoms with E-state index in [0.29, 0.717) is 0 Å². The molecule has 0 amide bonds. The normalized spacial score (nSPS) is 28.0. The lowest BCUT2D eigenvalue weighted by Crippen LogP contribution is -2.17. The van der Waals surface area contributed by atoms with Crippen LogP contribution in [0.3, 0.4) is 0 Å².